The molecule has 0 spiro atoms. The molecule has 9 heteroatoms. The fourth-order valence-corrected chi connectivity index (χ4v) is 4.00. The highest BCUT2D eigenvalue weighted by Crippen LogP contribution is 2.44. The molecule has 2 amide bonds. The van der Waals surface area contributed by atoms with E-state index in [1.807, 2.05) is 48.5 Å². The third-order valence-electron chi connectivity index (χ3n) is 5.86. The average Bonchev–Trinajstić information content (AvgIpc) is 3.13. The molecule has 0 aliphatic heterocycles. The van der Waals surface area contributed by atoms with Crippen molar-refractivity contribution < 1.29 is 33.0 Å². The number of hydrogen-bond donors (Lipinski definition) is 3. The first-order chi connectivity index (χ1) is 16.6. The zero-order chi connectivity index (χ0) is 25.3. The van der Waals surface area contributed by atoms with E-state index in [0.29, 0.717) is 0 Å². The van der Waals surface area contributed by atoms with Crippen LogP contribution in [0.2, 0.25) is 0 Å². The van der Waals surface area contributed by atoms with E-state index in [1.165, 1.54) is 13.8 Å². The number of carboxylic acid groups (broad SMARTS) is 1. The molecule has 0 radical (unpaired) electrons. The van der Waals surface area contributed by atoms with Crippen molar-refractivity contribution in [1.82, 2.24) is 5.32 Å². The summed E-state index contributed by atoms with van der Waals surface area (Å²) in [6.45, 7) is 2.31. The van der Waals surface area contributed by atoms with E-state index < -0.39 is 46.4 Å². The molecule has 0 aromatic heterocycles. The van der Waals surface area contributed by atoms with Gasteiger partial charge in [-0.3, -0.25) is 10.1 Å². The molecular weight excluding hydrogens is 458 g/mol. The number of carbonyl (C=O) groups is 3. The molecule has 1 aliphatic carbocycles. The Kier molecular flexibility index (Phi) is 6.26. The molecule has 0 bridgehead atoms. The van der Waals surface area contributed by atoms with Gasteiger partial charge in [-0.05, 0) is 48.2 Å². The Hall–Kier alpha value is -4.27. The highest BCUT2D eigenvalue weighted by Gasteiger charge is 2.33. The predicted molar refractivity (Wildman–Crippen MR) is 124 cm³/mol. The maximum absolute atomic E-state index is 14.9. The van der Waals surface area contributed by atoms with Crippen molar-refractivity contribution in [2.45, 2.75) is 25.3 Å². The van der Waals surface area contributed by atoms with Crippen molar-refractivity contribution >= 4 is 23.7 Å². The monoisotopic (exact) mass is 480 g/mol. The standard InChI is InChI=1S/C26H22F2N2O5/c1-26(2,24(32)33)30-23(31)21-19(27)11-12-20(22(21)28)29-25(34)35-13-18-16-9-5-3-7-14(16)15-8-4-6-10-17(15)18/h3-12,18H,13H2,1-2H3,(H,29,34)(H,30,31)(H,32,33). The summed E-state index contributed by atoms with van der Waals surface area (Å²) in [5.41, 5.74) is 0.802. The van der Waals surface area contributed by atoms with Crippen molar-refractivity contribution in [2.75, 3.05) is 11.9 Å². The van der Waals surface area contributed by atoms with E-state index in [9.17, 15) is 23.2 Å². The van der Waals surface area contributed by atoms with Crippen LogP contribution in [-0.4, -0.2) is 35.2 Å². The fraction of sp³-hybridized carbons (Fsp3) is 0.192. The quantitative estimate of drug-likeness (QED) is 0.465. The predicted octanol–water partition coefficient (Wildman–Crippen LogP) is 4.92. The lowest BCUT2D eigenvalue weighted by molar-refractivity contribution is -0.143. The van der Waals surface area contributed by atoms with Crippen LogP contribution in [0.3, 0.4) is 0 Å². The molecule has 4 rings (SSSR count). The van der Waals surface area contributed by atoms with Gasteiger partial charge in [-0.25, -0.2) is 18.4 Å². The van der Waals surface area contributed by atoms with Gasteiger partial charge in [0.1, 0.15) is 23.5 Å². The summed E-state index contributed by atoms with van der Waals surface area (Å²) in [5.74, 6) is -5.44. The van der Waals surface area contributed by atoms with Crippen molar-refractivity contribution in [3.05, 3.63) is 89.0 Å². The summed E-state index contributed by atoms with van der Waals surface area (Å²) in [6, 6.07) is 17.3. The molecule has 0 heterocycles. The molecular formula is C26H22F2N2O5. The number of carbonyl (C=O) groups excluding carboxylic acids is 2. The summed E-state index contributed by atoms with van der Waals surface area (Å²) in [5, 5.41) is 13.4. The van der Waals surface area contributed by atoms with Gasteiger partial charge in [0.25, 0.3) is 5.91 Å². The Bertz CT molecular complexity index is 1290. The molecule has 35 heavy (non-hydrogen) atoms. The van der Waals surface area contributed by atoms with Crippen LogP contribution in [0.15, 0.2) is 60.7 Å². The van der Waals surface area contributed by atoms with E-state index in [4.69, 9.17) is 9.84 Å². The van der Waals surface area contributed by atoms with E-state index in [0.717, 1.165) is 34.4 Å². The van der Waals surface area contributed by atoms with Gasteiger partial charge in [0.2, 0.25) is 0 Å². The van der Waals surface area contributed by atoms with Crippen LogP contribution in [0.1, 0.15) is 41.3 Å². The topological polar surface area (TPSA) is 105 Å². The van der Waals surface area contributed by atoms with Gasteiger partial charge in [0, 0.05) is 5.92 Å². The number of benzene rings is 3. The smallest absolute Gasteiger partial charge is 0.411 e. The molecule has 0 saturated heterocycles. The number of aliphatic carboxylic acids is 1. The summed E-state index contributed by atoms with van der Waals surface area (Å²) in [4.78, 5) is 36.1. The molecule has 7 nitrogen and oxygen atoms in total. The number of anilines is 1. The number of halogens is 2. The lowest BCUT2D eigenvalue weighted by atomic mass is 9.98. The van der Waals surface area contributed by atoms with Gasteiger partial charge in [-0.2, -0.15) is 0 Å². The Morgan fingerprint density at radius 1 is 0.943 bits per heavy atom. The third kappa shape index (κ3) is 4.57. The molecule has 3 N–H and O–H groups in total. The highest BCUT2D eigenvalue weighted by molar-refractivity contribution is 5.99. The van der Waals surface area contributed by atoms with E-state index in [1.54, 1.807) is 0 Å². The Morgan fingerprint density at radius 2 is 1.51 bits per heavy atom. The maximum atomic E-state index is 14.9. The number of hydrogen-bond acceptors (Lipinski definition) is 4. The Morgan fingerprint density at radius 3 is 2.09 bits per heavy atom. The minimum absolute atomic E-state index is 0.0250. The van der Waals surface area contributed by atoms with Crippen LogP contribution < -0.4 is 10.6 Å². The van der Waals surface area contributed by atoms with Crippen LogP contribution in [0, 0.1) is 11.6 Å². The van der Waals surface area contributed by atoms with Crippen LogP contribution in [0.4, 0.5) is 19.3 Å². The van der Waals surface area contributed by atoms with E-state index in [-0.39, 0.29) is 12.5 Å². The molecule has 0 saturated carbocycles. The molecule has 3 aromatic rings. The van der Waals surface area contributed by atoms with Crippen molar-refractivity contribution in [1.29, 1.82) is 0 Å². The number of amides is 2. The molecule has 0 fully saturated rings. The second-order valence-corrected chi connectivity index (χ2v) is 8.62. The van der Waals surface area contributed by atoms with Gasteiger partial charge < -0.3 is 15.2 Å². The van der Waals surface area contributed by atoms with Gasteiger partial charge in [0.05, 0.1) is 5.69 Å². The second-order valence-electron chi connectivity index (χ2n) is 8.62. The zero-order valence-electron chi connectivity index (χ0n) is 18.9. The Labute approximate surface area is 199 Å². The zero-order valence-corrected chi connectivity index (χ0v) is 18.9. The van der Waals surface area contributed by atoms with Crippen molar-refractivity contribution in [3.8, 4) is 11.1 Å². The SMILES string of the molecule is CC(C)(NC(=O)c1c(F)ccc(NC(=O)OCC2c3ccccc3-c3ccccc32)c1F)C(=O)O. The normalized spacial score (nSPS) is 12.5. The van der Waals surface area contributed by atoms with Gasteiger partial charge in [-0.15, -0.1) is 0 Å². The molecule has 180 valence electrons. The fourth-order valence-electron chi connectivity index (χ4n) is 4.00. The largest absolute Gasteiger partial charge is 0.480 e. The number of carboxylic acids is 1. The van der Waals surface area contributed by atoms with Gasteiger partial charge >= 0.3 is 12.1 Å². The van der Waals surface area contributed by atoms with Crippen LogP contribution >= 0.6 is 0 Å². The number of ether oxygens (including phenoxy) is 1. The van der Waals surface area contributed by atoms with Crippen molar-refractivity contribution in [2.24, 2.45) is 0 Å². The number of fused-ring (bicyclic) bond motifs is 3. The number of rotatable bonds is 6. The molecule has 3 aromatic carbocycles. The lowest BCUT2D eigenvalue weighted by Gasteiger charge is -2.21. The maximum Gasteiger partial charge on any atom is 0.411 e. The average molecular weight is 480 g/mol. The van der Waals surface area contributed by atoms with Gasteiger partial charge in [-0.1, -0.05) is 48.5 Å². The van der Waals surface area contributed by atoms with Crippen LogP contribution in [0.25, 0.3) is 11.1 Å². The summed E-state index contributed by atoms with van der Waals surface area (Å²) in [6.07, 6.45) is -0.991. The summed E-state index contributed by atoms with van der Waals surface area (Å²) < 4.78 is 34.5. The molecule has 0 atom stereocenters. The minimum Gasteiger partial charge on any atom is -0.480 e. The first-order valence-electron chi connectivity index (χ1n) is 10.8. The highest BCUT2D eigenvalue weighted by atomic mass is 19.1. The van der Waals surface area contributed by atoms with Crippen molar-refractivity contribution in [3.63, 3.8) is 0 Å². The summed E-state index contributed by atoms with van der Waals surface area (Å²) >= 11 is 0. The molecule has 1 aliphatic rings. The van der Waals surface area contributed by atoms with E-state index in [2.05, 4.69) is 10.6 Å². The first-order valence-corrected chi connectivity index (χ1v) is 10.8. The third-order valence-corrected chi connectivity index (χ3v) is 5.86. The Balaban J connectivity index is 1.49. The number of nitrogens with one attached hydrogen (secondary N) is 2. The molecule has 0 unspecified atom stereocenters. The first kappa shape index (κ1) is 23.9. The van der Waals surface area contributed by atoms with Gasteiger partial charge in [0.15, 0.2) is 5.82 Å². The van der Waals surface area contributed by atoms with Crippen LogP contribution in [0.5, 0.6) is 0 Å². The van der Waals surface area contributed by atoms with E-state index >= 15 is 0 Å². The lowest BCUT2D eigenvalue weighted by Crippen LogP contribution is -2.50. The minimum atomic E-state index is -1.77. The second kappa shape index (κ2) is 9.17. The summed E-state index contributed by atoms with van der Waals surface area (Å²) in [7, 11) is 0. The van der Waals surface area contributed by atoms with Crippen LogP contribution in [-0.2, 0) is 9.53 Å².